The predicted molar refractivity (Wildman–Crippen MR) is 61.0 cm³/mol. The molecule has 0 amide bonds. The minimum absolute atomic E-state index is 0.334. The van der Waals surface area contributed by atoms with E-state index in [1.807, 2.05) is 6.07 Å². The van der Waals surface area contributed by atoms with Crippen LogP contribution < -0.4 is 5.32 Å². The van der Waals surface area contributed by atoms with Crippen LogP contribution in [-0.2, 0) is 0 Å². The zero-order valence-corrected chi connectivity index (χ0v) is 10.1. The second-order valence-electron chi connectivity index (χ2n) is 2.80. The van der Waals surface area contributed by atoms with Crippen LogP contribution in [0.1, 0.15) is 31.9 Å². The van der Waals surface area contributed by atoms with Gasteiger partial charge in [-0.05, 0) is 19.0 Å². The largest absolute Gasteiger partial charge is 0.310 e. The third-order valence-electron chi connectivity index (χ3n) is 1.92. The average Bonchev–Trinajstić information content (AvgIpc) is 2.41. The van der Waals surface area contributed by atoms with E-state index in [9.17, 15) is 0 Å². The first-order valence-electron chi connectivity index (χ1n) is 4.37. The molecule has 1 heterocycles. The Kier molecular flexibility index (Phi) is 4.53. The summed E-state index contributed by atoms with van der Waals surface area (Å²) in [5.74, 6) is 0. The monoisotopic (exact) mass is 237 g/mol. The summed E-state index contributed by atoms with van der Waals surface area (Å²) < 4.78 is 1.56. The lowest BCUT2D eigenvalue weighted by Gasteiger charge is -2.14. The second-order valence-corrected chi connectivity index (χ2v) is 5.08. The van der Waals surface area contributed by atoms with Crippen molar-refractivity contribution in [1.29, 1.82) is 0 Å². The van der Waals surface area contributed by atoms with Crippen molar-refractivity contribution in [2.45, 2.75) is 26.3 Å². The zero-order chi connectivity index (χ0) is 9.84. The maximum atomic E-state index is 6.05. The van der Waals surface area contributed by atoms with Crippen LogP contribution in [0.2, 0.25) is 8.67 Å². The lowest BCUT2D eigenvalue weighted by molar-refractivity contribution is 0.539. The van der Waals surface area contributed by atoms with Gasteiger partial charge in [-0.15, -0.1) is 11.3 Å². The molecule has 0 radical (unpaired) electrons. The number of hydrogen-bond acceptors (Lipinski definition) is 2. The van der Waals surface area contributed by atoms with Gasteiger partial charge in [0.05, 0.1) is 8.67 Å². The van der Waals surface area contributed by atoms with Crippen molar-refractivity contribution >= 4 is 34.5 Å². The fourth-order valence-electron chi connectivity index (χ4n) is 1.31. The van der Waals surface area contributed by atoms with E-state index in [1.165, 1.54) is 11.3 Å². The van der Waals surface area contributed by atoms with Crippen LogP contribution in [0, 0.1) is 0 Å². The van der Waals surface area contributed by atoms with Crippen LogP contribution >= 0.6 is 34.5 Å². The van der Waals surface area contributed by atoms with Crippen molar-refractivity contribution < 1.29 is 0 Å². The van der Waals surface area contributed by atoms with E-state index < -0.39 is 0 Å². The topological polar surface area (TPSA) is 12.0 Å². The van der Waals surface area contributed by atoms with E-state index >= 15 is 0 Å². The Bertz CT molecular complexity index is 273. The molecule has 0 saturated heterocycles. The maximum absolute atomic E-state index is 6.05. The Morgan fingerprint density at radius 1 is 1.46 bits per heavy atom. The van der Waals surface area contributed by atoms with Crippen molar-refractivity contribution in [2.24, 2.45) is 0 Å². The molecule has 1 N–H and O–H groups in total. The second kappa shape index (κ2) is 5.20. The van der Waals surface area contributed by atoms with Gasteiger partial charge in [-0.25, -0.2) is 0 Å². The Morgan fingerprint density at radius 2 is 2.15 bits per heavy atom. The van der Waals surface area contributed by atoms with Gasteiger partial charge in [-0.3, -0.25) is 0 Å². The molecule has 0 saturated carbocycles. The molecule has 0 bridgehead atoms. The third-order valence-corrected chi connectivity index (χ3v) is 3.44. The van der Waals surface area contributed by atoms with E-state index in [1.54, 1.807) is 0 Å². The molecule has 1 nitrogen and oxygen atoms in total. The van der Waals surface area contributed by atoms with Gasteiger partial charge in [0.15, 0.2) is 0 Å². The van der Waals surface area contributed by atoms with Crippen LogP contribution in [0.25, 0.3) is 0 Å². The van der Waals surface area contributed by atoms with Gasteiger partial charge >= 0.3 is 0 Å². The van der Waals surface area contributed by atoms with Gasteiger partial charge in [0.1, 0.15) is 0 Å². The van der Waals surface area contributed by atoms with E-state index in [0.717, 1.165) is 27.2 Å². The van der Waals surface area contributed by atoms with Gasteiger partial charge in [0.25, 0.3) is 0 Å². The summed E-state index contributed by atoms with van der Waals surface area (Å²) in [5, 5.41) is 3.37. The predicted octanol–water partition coefficient (Wildman–Crippen LogP) is 4.12. The normalized spacial score (nSPS) is 13.2. The van der Waals surface area contributed by atoms with E-state index in [2.05, 4.69) is 19.2 Å². The van der Waals surface area contributed by atoms with Crippen LogP contribution in [0.15, 0.2) is 6.07 Å². The summed E-state index contributed by atoms with van der Waals surface area (Å²) in [6, 6.07) is 2.28. The fourth-order valence-corrected chi connectivity index (χ4v) is 2.89. The average molecular weight is 238 g/mol. The van der Waals surface area contributed by atoms with Crippen molar-refractivity contribution in [1.82, 2.24) is 5.32 Å². The molecule has 0 aliphatic rings. The number of hydrogen-bond donors (Lipinski definition) is 1. The van der Waals surface area contributed by atoms with Crippen molar-refractivity contribution in [3.8, 4) is 0 Å². The molecule has 0 spiro atoms. The molecule has 1 rings (SSSR count). The lowest BCUT2D eigenvalue weighted by Crippen LogP contribution is -2.19. The molecule has 4 heteroatoms. The van der Waals surface area contributed by atoms with Crippen LogP contribution in [0.5, 0.6) is 0 Å². The van der Waals surface area contributed by atoms with Gasteiger partial charge in [-0.2, -0.15) is 0 Å². The summed E-state index contributed by atoms with van der Waals surface area (Å²) in [4.78, 5) is 0. The van der Waals surface area contributed by atoms with Crippen LogP contribution in [-0.4, -0.2) is 6.54 Å². The molecule has 0 fully saturated rings. The SMILES string of the molecule is CCNC(CC)c1cc(Cl)sc1Cl. The zero-order valence-electron chi connectivity index (χ0n) is 7.73. The Hall–Kier alpha value is 0.240. The minimum Gasteiger partial charge on any atom is -0.310 e. The molecule has 13 heavy (non-hydrogen) atoms. The van der Waals surface area contributed by atoms with Crippen molar-refractivity contribution in [3.05, 3.63) is 20.3 Å². The molecule has 0 aromatic carbocycles. The molecule has 1 atom stereocenters. The highest BCUT2D eigenvalue weighted by atomic mass is 35.5. The third kappa shape index (κ3) is 2.84. The Morgan fingerprint density at radius 3 is 2.54 bits per heavy atom. The van der Waals surface area contributed by atoms with Gasteiger partial charge in [-0.1, -0.05) is 37.0 Å². The minimum atomic E-state index is 0.334. The lowest BCUT2D eigenvalue weighted by atomic mass is 10.1. The standard InChI is InChI=1S/C9H13Cl2NS/c1-3-7(12-4-2)6-5-8(10)13-9(6)11/h5,7,12H,3-4H2,1-2H3. The van der Waals surface area contributed by atoms with Crippen molar-refractivity contribution in [3.63, 3.8) is 0 Å². The summed E-state index contributed by atoms with van der Waals surface area (Å²) in [6.45, 7) is 5.17. The smallest absolute Gasteiger partial charge is 0.0991 e. The number of rotatable bonds is 4. The first-order valence-corrected chi connectivity index (χ1v) is 5.94. The van der Waals surface area contributed by atoms with Gasteiger partial charge in [0.2, 0.25) is 0 Å². The van der Waals surface area contributed by atoms with E-state index in [0.29, 0.717) is 6.04 Å². The molecule has 0 aliphatic carbocycles. The summed E-state index contributed by atoms with van der Waals surface area (Å²) in [7, 11) is 0. The van der Waals surface area contributed by atoms with Crippen LogP contribution in [0.4, 0.5) is 0 Å². The first-order chi connectivity index (χ1) is 6.19. The molecule has 74 valence electrons. The molecule has 1 aromatic heterocycles. The van der Waals surface area contributed by atoms with Crippen LogP contribution in [0.3, 0.4) is 0 Å². The van der Waals surface area contributed by atoms with Gasteiger partial charge < -0.3 is 5.32 Å². The highest BCUT2D eigenvalue weighted by Gasteiger charge is 2.14. The maximum Gasteiger partial charge on any atom is 0.0991 e. The summed E-state index contributed by atoms with van der Waals surface area (Å²) >= 11 is 13.4. The summed E-state index contributed by atoms with van der Waals surface area (Å²) in [5.41, 5.74) is 1.13. The van der Waals surface area contributed by atoms with E-state index in [4.69, 9.17) is 23.2 Å². The Balaban J connectivity index is 2.83. The number of nitrogens with one attached hydrogen (secondary N) is 1. The first kappa shape index (κ1) is 11.3. The fraction of sp³-hybridized carbons (Fsp3) is 0.556. The quantitative estimate of drug-likeness (QED) is 0.832. The molecule has 1 aromatic rings. The molecule has 1 unspecified atom stereocenters. The number of thiophene rings is 1. The molecular formula is C9H13Cl2NS. The van der Waals surface area contributed by atoms with Crippen molar-refractivity contribution in [2.75, 3.05) is 6.54 Å². The molecule has 0 aliphatic heterocycles. The van der Waals surface area contributed by atoms with E-state index in [-0.39, 0.29) is 0 Å². The number of halogens is 2. The Labute approximate surface area is 93.1 Å². The highest BCUT2D eigenvalue weighted by molar-refractivity contribution is 7.20. The molecular weight excluding hydrogens is 225 g/mol. The summed E-state index contributed by atoms with van der Waals surface area (Å²) in [6.07, 6.45) is 1.03. The highest BCUT2D eigenvalue weighted by Crippen LogP contribution is 2.35. The van der Waals surface area contributed by atoms with Gasteiger partial charge in [0, 0.05) is 11.6 Å².